The maximum Gasteiger partial charge on any atom is 0.217 e. The van der Waals surface area contributed by atoms with Crippen molar-refractivity contribution in [3.05, 3.63) is 35.8 Å². The van der Waals surface area contributed by atoms with Crippen LogP contribution >= 0.6 is 0 Å². The van der Waals surface area contributed by atoms with Crippen molar-refractivity contribution in [1.29, 1.82) is 0 Å². The van der Waals surface area contributed by atoms with E-state index in [1.54, 1.807) is 12.4 Å². The summed E-state index contributed by atoms with van der Waals surface area (Å²) in [7, 11) is 0. The number of H-pyrrole nitrogens is 1. The minimum absolute atomic E-state index is 0.0691. The Labute approximate surface area is 134 Å². The van der Waals surface area contributed by atoms with E-state index in [4.69, 9.17) is 4.74 Å². The van der Waals surface area contributed by atoms with E-state index in [0.29, 0.717) is 19.7 Å². The molecule has 1 fully saturated rings. The molecule has 8 nitrogen and oxygen atoms in total. The molecule has 2 N–H and O–H groups in total. The van der Waals surface area contributed by atoms with Crippen LogP contribution in [0.25, 0.3) is 0 Å². The number of rotatable bonds is 4. The molecular weight excluding hydrogens is 296 g/mol. The number of ether oxygens (including phenoxy) is 1. The van der Waals surface area contributed by atoms with Crippen LogP contribution in [0.4, 0.5) is 5.82 Å². The average Bonchev–Trinajstić information content (AvgIpc) is 3.02. The van der Waals surface area contributed by atoms with Crippen molar-refractivity contribution in [2.75, 3.05) is 24.6 Å². The lowest BCUT2D eigenvalue weighted by atomic mass is 10.2. The van der Waals surface area contributed by atoms with Crippen molar-refractivity contribution in [3.63, 3.8) is 0 Å². The first-order valence-corrected chi connectivity index (χ1v) is 7.56. The number of hydrogen-bond donors (Lipinski definition) is 2. The predicted molar refractivity (Wildman–Crippen MR) is 83.8 cm³/mol. The lowest BCUT2D eigenvalue weighted by Crippen LogP contribution is -2.39. The molecule has 1 atom stereocenters. The van der Waals surface area contributed by atoms with Gasteiger partial charge in [0.25, 0.3) is 0 Å². The summed E-state index contributed by atoms with van der Waals surface area (Å²) in [5.41, 5.74) is 0.855. The molecule has 3 rings (SSSR count). The zero-order chi connectivity index (χ0) is 16.2. The molecule has 122 valence electrons. The van der Waals surface area contributed by atoms with Gasteiger partial charge in [0.1, 0.15) is 23.6 Å². The van der Waals surface area contributed by atoms with Gasteiger partial charge in [0, 0.05) is 19.7 Å². The summed E-state index contributed by atoms with van der Waals surface area (Å²) < 4.78 is 5.82. The molecule has 3 heterocycles. The third-order valence-electron chi connectivity index (χ3n) is 3.63. The first-order chi connectivity index (χ1) is 11.1. The molecule has 1 saturated heterocycles. The minimum atomic E-state index is -0.148. The third kappa shape index (κ3) is 3.84. The molecule has 0 unspecified atom stereocenters. The number of imidazole rings is 1. The molecule has 0 saturated carbocycles. The molecule has 0 aromatic carbocycles. The summed E-state index contributed by atoms with van der Waals surface area (Å²) in [5.74, 6) is 2.35. The van der Waals surface area contributed by atoms with Crippen LogP contribution in [0.3, 0.4) is 0 Å². The van der Waals surface area contributed by atoms with Gasteiger partial charge in [-0.2, -0.15) is 0 Å². The Kier molecular flexibility index (Phi) is 4.52. The maximum atomic E-state index is 11.0. The summed E-state index contributed by atoms with van der Waals surface area (Å²) in [5, 5.41) is 2.74. The van der Waals surface area contributed by atoms with Crippen LogP contribution in [0.2, 0.25) is 0 Å². The smallest absolute Gasteiger partial charge is 0.217 e. The van der Waals surface area contributed by atoms with E-state index in [-0.39, 0.29) is 12.0 Å². The lowest BCUT2D eigenvalue weighted by molar-refractivity contribution is -0.119. The number of nitrogens with zero attached hydrogens (tertiary/aromatic N) is 4. The molecule has 1 aliphatic rings. The van der Waals surface area contributed by atoms with Gasteiger partial charge in [0.2, 0.25) is 5.91 Å². The Balaban J connectivity index is 1.67. The third-order valence-corrected chi connectivity index (χ3v) is 3.63. The number of anilines is 1. The van der Waals surface area contributed by atoms with Crippen LogP contribution in [0.1, 0.15) is 30.4 Å². The molecule has 1 amide bonds. The van der Waals surface area contributed by atoms with E-state index in [9.17, 15) is 4.79 Å². The summed E-state index contributed by atoms with van der Waals surface area (Å²) >= 11 is 0. The van der Waals surface area contributed by atoms with Crippen molar-refractivity contribution >= 4 is 11.7 Å². The fourth-order valence-electron chi connectivity index (χ4n) is 2.49. The number of nitrogens with one attached hydrogen (secondary N) is 2. The van der Waals surface area contributed by atoms with E-state index >= 15 is 0 Å². The van der Waals surface area contributed by atoms with Crippen LogP contribution in [-0.4, -0.2) is 45.5 Å². The Morgan fingerprint density at radius 2 is 2.39 bits per heavy atom. The van der Waals surface area contributed by atoms with Gasteiger partial charge in [-0.25, -0.2) is 15.0 Å². The standard InChI is InChI=1S/C15H20N6O2/c1-10-16-4-3-14(19-10)21-5-6-23-13(9-21)15-18-8-12(20-15)7-17-11(2)22/h3-4,8,13H,5-7,9H2,1-2H3,(H,17,22)(H,18,20)/t13-/m1/s1. The van der Waals surface area contributed by atoms with Crippen LogP contribution in [-0.2, 0) is 16.1 Å². The van der Waals surface area contributed by atoms with Gasteiger partial charge in [0.15, 0.2) is 0 Å². The van der Waals surface area contributed by atoms with Gasteiger partial charge in [0.05, 0.1) is 31.6 Å². The number of hydrogen-bond acceptors (Lipinski definition) is 6. The normalized spacial score (nSPS) is 18.0. The monoisotopic (exact) mass is 316 g/mol. The fraction of sp³-hybridized carbons (Fsp3) is 0.467. The molecule has 8 heteroatoms. The number of morpholine rings is 1. The highest BCUT2D eigenvalue weighted by molar-refractivity contribution is 5.72. The Morgan fingerprint density at radius 1 is 1.52 bits per heavy atom. The van der Waals surface area contributed by atoms with Crippen LogP contribution in [0.5, 0.6) is 0 Å². The van der Waals surface area contributed by atoms with Crippen LogP contribution < -0.4 is 10.2 Å². The Morgan fingerprint density at radius 3 is 3.17 bits per heavy atom. The van der Waals surface area contributed by atoms with Gasteiger partial charge in [-0.05, 0) is 13.0 Å². The van der Waals surface area contributed by atoms with E-state index in [0.717, 1.165) is 29.7 Å². The second kappa shape index (κ2) is 6.74. The zero-order valence-electron chi connectivity index (χ0n) is 13.2. The topological polar surface area (TPSA) is 96.0 Å². The average molecular weight is 316 g/mol. The van der Waals surface area contributed by atoms with Crippen molar-refractivity contribution < 1.29 is 9.53 Å². The minimum Gasteiger partial charge on any atom is -0.367 e. The van der Waals surface area contributed by atoms with Gasteiger partial charge < -0.3 is 19.9 Å². The second-order valence-corrected chi connectivity index (χ2v) is 5.47. The van der Waals surface area contributed by atoms with Crippen molar-refractivity contribution in [3.8, 4) is 0 Å². The predicted octanol–water partition coefficient (Wildman–Crippen LogP) is 0.722. The van der Waals surface area contributed by atoms with E-state index in [2.05, 4.69) is 30.2 Å². The maximum absolute atomic E-state index is 11.0. The first-order valence-electron chi connectivity index (χ1n) is 7.56. The number of aryl methyl sites for hydroxylation is 1. The summed E-state index contributed by atoms with van der Waals surface area (Å²) in [6.45, 7) is 5.86. The number of carbonyl (C=O) groups excluding carboxylic acids is 1. The largest absolute Gasteiger partial charge is 0.367 e. The van der Waals surface area contributed by atoms with Crippen molar-refractivity contribution in [2.45, 2.75) is 26.5 Å². The lowest BCUT2D eigenvalue weighted by Gasteiger charge is -2.32. The highest BCUT2D eigenvalue weighted by atomic mass is 16.5. The summed E-state index contributed by atoms with van der Waals surface area (Å²) in [4.78, 5) is 29.3. The Hall–Kier alpha value is -2.48. The zero-order valence-corrected chi connectivity index (χ0v) is 13.2. The number of aromatic amines is 1. The van der Waals surface area contributed by atoms with E-state index in [1.165, 1.54) is 6.92 Å². The molecule has 0 bridgehead atoms. The van der Waals surface area contributed by atoms with E-state index in [1.807, 2.05) is 13.0 Å². The molecule has 1 aliphatic heterocycles. The molecule has 0 aliphatic carbocycles. The SMILES string of the molecule is CC(=O)NCc1cnc([C@H]2CN(c3ccnc(C)n3)CCO2)[nH]1. The number of aromatic nitrogens is 4. The van der Waals surface area contributed by atoms with Gasteiger partial charge in [-0.1, -0.05) is 0 Å². The Bertz CT molecular complexity index is 686. The fourth-order valence-corrected chi connectivity index (χ4v) is 2.49. The molecule has 0 radical (unpaired) electrons. The quantitative estimate of drug-likeness (QED) is 0.863. The van der Waals surface area contributed by atoms with E-state index < -0.39 is 0 Å². The van der Waals surface area contributed by atoms with Crippen molar-refractivity contribution in [2.24, 2.45) is 0 Å². The summed E-state index contributed by atoms with van der Waals surface area (Å²) in [6, 6.07) is 1.90. The van der Waals surface area contributed by atoms with Crippen molar-refractivity contribution in [1.82, 2.24) is 25.3 Å². The molecular formula is C15H20N6O2. The molecule has 2 aromatic heterocycles. The van der Waals surface area contributed by atoms with Crippen LogP contribution in [0, 0.1) is 6.92 Å². The summed E-state index contributed by atoms with van der Waals surface area (Å²) in [6.07, 6.45) is 3.34. The number of amides is 1. The first kappa shape index (κ1) is 15.4. The van der Waals surface area contributed by atoms with Gasteiger partial charge in [-0.15, -0.1) is 0 Å². The molecule has 2 aromatic rings. The van der Waals surface area contributed by atoms with Gasteiger partial charge in [-0.3, -0.25) is 4.79 Å². The van der Waals surface area contributed by atoms with Gasteiger partial charge >= 0.3 is 0 Å². The number of carbonyl (C=O) groups is 1. The molecule has 23 heavy (non-hydrogen) atoms. The highest BCUT2D eigenvalue weighted by Gasteiger charge is 2.25. The van der Waals surface area contributed by atoms with Crippen LogP contribution in [0.15, 0.2) is 18.5 Å². The highest BCUT2D eigenvalue weighted by Crippen LogP contribution is 2.23. The second-order valence-electron chi connectivity index (χ2n) is 5.47. The molecule has 0 spiro atoms.